The molecule has 4 heteroatoms. The molecule has 21 heavy (non-hydrogen) atoms. The van der Waals surface area contributed by atoms with E-state index in [-0.39, 0.29) is 0 Å². The highest BCUT2D eigenvalue weighted by molar-refractivity contribution is 7.99. The maximum Gasteiger partial charge on any atom is 0.161 e. The number of alkyl halides is 1. The van der Waals surface area contributed by atoms with E-state index >= 15 is 0 Å². The molecule has 0 saturated heterocycles. The van der Waals surface area contributed by atoms with Crippen molar-refractivity contribution in [3.8, 4) is 11.5 Å². The predicted octanol–water partition coefficient (Wildman–Crippen LogP) is 5.00. The fourth-order valence-corrected chi connectivity index (χ4v) is 2.74. The van der Waals surface area contributed by atoms with Crippen LogP contribution < -0.4 is 9.47 Å². The van der Waals surface area contributed by atoms with E-state index in [0.29, 0.717) is 19.1 Å². The summed E-state index contributed by atoms with van der Waals surface area (Å²) in [5.74, 6) is 3.05. The second-order valence-electron chi connectivity index (χ2n) is 4.35. The van der Waals surface area contributed by atoms with Gasteiger partial charge in [-0.15, -0.1) is 23.4 Å². The first-order valence-corrected chi connectivity index (χ1v) is 8.48. The van der Waals surface area contributed by atoms with Crippen molar-refractivity contribution >= 4 is 23.4 Å². The summed E-state index contributed by atoms with van der Waals surface area (Å²) >= 11 is 7.54. The molecular weight excluding hydrogens is 304 g/mol. The molecular formula is C17H19ClO2S. The Morgan fingerprint density at radius 1 is 0.952 bits per heavy atom. The van der Waals surface area contributed by atoms with E-state index in [2.05, 4.69) is 24.3 Å². The monoisotopic (exact) mass is 322 g/mol. The van der Waals surface area contributed by atoms with Crippen LogP contribution in [0.3, 0.4) is 0 Å². The molecule has 2 rings (SSSR count). The van der Waals surface area contributed by atoms with Crippen LogP contribution in [0.2, 0.25) is 0 Å². The van der Waals surface area contributed by atoms with E-state index < -0.39 is 0 Å². The Balaban J connectivity index is 1.79. The maximum absolute atomic E-state index is 5.79. The third kappa shape index (κ3) is 5.18. The highest BCUT2D eigenvalue weighted by Gasteiger charge is 2.03. The second-order valence-corrected chi connectivity index (χ2v) is 5.79. The fraction of sp³-hybridized carbons (Fsp3) is 0.294. The summed E-state index contributed by atoms with van der Waals surface area (Å²) in [6, 6.07) is 16.1. The van der Waals surface area contributed by atoms with Crippen LogP contribution in [0.4, 0.5) is 0 Å². The number of rotatable bonds is 8. The van der Waals surface area contributed by atoms with Gasteiger partial charge in [0.2, 0.25) is 0 Å². The Morgan fingerprint density at radius 3 is 2.24 bits per heavy atom. The molecule has 112 valence electrons. The number of para-hydroxylation sites is 2. The molecule has 0 fully saturated rings. The van der Waals surface area contributed by atoms with Crippen LogP contribution in [0, 0.1) is 0 Å². The first-order chi connectivity index (χ1) is 10.3. The SMILES string of the molecule is CCOc1ccccc1OCCSc1ccc(CCl)cc1. The molecule has 0 heterocycles. The number of hydrogen-bond donors (Lipinski definition) is 0. The standard InChI is InChI=1S/C17H19ClO2S/c1-2-19-16-5-3-4-6-17(16)20-11-12-21-15-9-7-14(13-18)8-10-15/h3-10H,2,11-13H2,1H3. The average Bonchev–Trinajstić information content (AvgIpc) is 2.54. The van der Waals surface area contributed by atoms with Gasteiger partial charge < -0.3 is 9.47 Å². The van der Waals surface area contributed by atoms with E-state index in [4.69, 9.17) is 21.1 Å². The molecule has 0 bridgehead atoms. The van der Waals surface area contributed by atoms with Crippen LogP contribution in [0.15, 0.2) is 53.4 Å². The van der Waals surface area contributed by atoms with Crippen molar-refractivity contribution in [1.29, 1.82) is 0 Å². The normalized spacial score (nSPS) is 10.4. The molecule has 0 aromatic heterocycles. The molecule has 0 saturated carbocycles. The van der Waals surface area contributed by atoms with Gasteiger partial charge in [-0.05, 0) is 36.8 Å². The van der Waals surface area contributed by atoms with Gasteiger partial charge in [-0.25, -0.2) is 0 Å². The van der Waals surface area contributed by atoms with Gasteiger partial charge in [0.15, 0.2) is 11.5 Å². The third-order valence-corrected chi connectivity index (χ3v) is 4.12. The van der Waals surface area contributed by atoms with Crippen molar-refractivity contribution < 1.29 is 9.47 Å². The molecule has 2 nitrogen and oxygen atoms in total. The summed E-state index contributed by atoms with van der Waals surface area (Å²) in [6.07, 6.45) is 0. The minimum Gasteiger partial charge on any atom is -0.490 e. The van der Waals surface area contributed by atoms with Crippen LogP contribution in [0.1, 0.15) is 12.5 Å². The topological polar surface area (TPSA) is 18.5 Å². The van der Waals surface area contributed by atoms with Crippen molar-refractivity contribution in [2.75, 3.05) is 19.0 Å². The summed E-state index contributed by atoms with van der Waals surface area (Å²) in [5, 5.41) is 0. The Bertz CT molecular complexity index is 543. The van der Waals surface area contributed by atoms with Crippen LogP contribution in [0.25, 0.3) is 0 Å². The van der Waals surface area contributed by atoms with E-state index in [1.165, 1.54) is 4.90 Å². The smallest absolute Gasteiger partial charge is 0.161 e. The summed E-state index contributed by atoms with van der Waals surface area (Å²) in [6.45, 7) is 3.26. The van der Waals surface area contributed by atoms with Gasteiger partial charge in [0.05, 0.1) is 13.2 Å². The third-order valence-electron chi connectivity index (χ3n) is 2.84. The van der Waals surface area contributed by atoms with Gasteiger partial charge >= 0.3 is 0 Å². The number of thioether (sulfide) groups is 1. The lowest BCUT2D eigenvalue weighted by atomic mass is 10.2. The number of benzene rings is 2. The fourth-order valence-electron chi connectivity index (χ4n) is 1.83. The van der Waals surface area contributed by atoms with Crippen LogP contribution >= 0.6 is 23.4 Å². The lowest BCUT2D eigenvalue weighted by molar-refractivity contribution is 0.289. The first-order valence-electron chi connectivity index (χ1n) is 6.96. The Labute approximate surface area is 135 Å². The molecule has 0 spiro atoms. The van der Waals surface area contributed by atoms with Crippen LogP contribution in [-0.4, -0.2) is 19.0 Å². The minimum absolute atomic E-state index is 0.558. The van der Waals surface area contributed by atoms with Crippen LogP contribution in [0.5, 0.6) is 11.5 Å². The summed E-state index contributed by atoms with van der Waals surface area (Å²) in [5.41, 5.74) is 1.14. The number of halogens is 1. The number of ether oxygens (including phenoxy) is 2. The molecule has 0 aliphatic rings. The van der Waals surface area contributed by atoms with Crippen molar-refractivity contribution in [3.05, 3.63) is 54.1 Å². The Morgan fingerprint density at radius 2 is 1.62 bits per heavy atom. The largest absolute Gasteiger partial charge is 0.490 e. The number of hydrogen-bond acceptors (Lipinski definition) is 3. The van der Waals surface area contributed by atoms with E-state index in [1.54, 1.807) is 11.8 Å². The molecule has 0 N–H and O–H groups in total. The van der Waals surface area contributed by atoms with Gasteiger partial charge in [0.25, 0.3) is 0 Å². The lowest BCUT2D eigenvalue weighted by Crippen LogP contribution is -2.02. The van der Waals surface area contributed by atoms with Gasteiger partial charge in [-0.3, -0.25) is 0 Å². The zero-order valence-electron chi connectivity index (χ0n) is 12.0. The molecule has 2 aromatic carbocycles. The Kier molecular flexibility index (Phi) is 6.77. The van der Waals surface area contributed by atoms with Gasteiger partial charge in [-0.1, -0.05) is 24.3 Å². The van der Waals surface area contributed by atoms with E-state index in [0.717, 1.165) is 22.8 Å². The van der Waals surface area contributed by atoms with Crippen molar-refractivity contribution in [2.45, 2.75) is 17.7 Å². The maximum atomic E-state index is 5.79. The summed E-state index contributed by atoms with van der Waals surface area (Å²) in [4.78, 5) is 1.23. The zero-order chi connectivity index (χ0) is 14.9. The lowest BCUT2D eigenvalue weighted by Gasteiger charge is -2.11. The van der Waals surface area contributed by atoms with Gasteiger partial charge in [0.1, 0.15) is 0 Å². The molecule has 0 aliphatic carbocycles. The minimum atomic E-state index is 0.558. The molecule has 0 unspecified atom stereocenters. The van der Waals surface area contributed by atoms with E-state index in [9.17, 15) is 0 Å². The average molecular weight is 323 g/mol. The van der Waals surface area contributed by atoms with Crippen LogP contribution in [-0.2, 0) is 5.88 Å². The Hall–Kier alpha value is -1.32. The molecule has 0 radical (unpaired) electrons. The molecule has 0 amide bonds. The van der Waals surface area contributed by atoms with Crippen molar-refractivity contribution in [2.24, 2.45) is 0 Å². The highest BCUT2D eigenvalue weighted by Crippen LogP contribution is 2.27. The zero-order valence-corrected chi connectivity index (χ0v) is 13.6. The molecule has 0 aliphatic heterocycles. The predicted molar refractivity (Wildman–Crippen MR) is 89.8 cm³/mol. The van der Waals surface area contributed by atoms with Crippen molar-refractivity contribution in [1.82, 2.24) is 0 Å². The van der Waals surface area contributed by atoms with Gasteiger partial charge in [0, 0.05) is 16.5 Å². The quantitative estimate of drug-likeness (QED) is 0.387. The summed E-state index contributed by atoms with van der Waals surface area (Å²) in [7, 11) is 0. The summed E-state index contributed by atoms with van der Waals surface area (Å²) < 4.78 is 11.3. The molecule has 2 aromatic rings. The second kappa shape index (κ2) is 8.85. The van der Waals surface area contributed by atoms with Gasteiger partial charge in [-0.2, -0.15) is 0 Å². The highest BCUT2D eigenvalue weighted by atomic mass is 35.5. The van der Waals surface area contributed by atoms with E-state index in [1.807, 2.05) is 31.2 Å². The molecule has 0 atom stereocenters. The van der Waals surface area contributed by atoms with Crippen molar-refractivity contribution in [3.63, 3.8) is 0 Å². The first kappa shape index (κ1) is 16.1.